The molecule has 1 aromatic rings. The maximum absolute atomic E-state index is 10.4. The molecule has 2 heterocycles. The molecule has 1 fully saturated rings. The standard InChI is InChI=1S/C21H26O4/c1-2-16-6-8-18(9-7-16)13-17-5-3-4-12-24-21(11-10-17)20(23)14-19(22)15-25-21/h3-11,19-20,22-23H,2,12-15H2,1H3/b4-3+,11-10+,17-5-/t19?,20?,21-/m0/s1. The lowest BCUT2D eigenvalue weighted by Crippen LogP contribution is -2.53. The quantitative estimate of drug-likeness (QED) is 0.887. The molecule has 2 N–H and O–H groups in total. The van der Waals surface area contributed by atoms with Crippen molar-refractivity contribution in [2.75, 3.05) is 13.2 Å². The molecule has 2 unspecified atom stereocenters. The molecular formula is C21H26O4. The lowest BCUT2D eigenvalue weighted by atomic mass is 9.97. The Hall–Kier alpha value is -1.72. The summed E-state index contributed by atoms with van der Waals surface area (Å²) in [7, 11) is 0. The van der Waals surface area contributed by atoms with Crippen LogP contribution in [-0.2, 0) is 22.3 Å². The van der Waals surface area contributed by atoms with Crippen molar-refractivity contribution in [1.82, 2.24) is 0 Å². The summed E-state index contributed by atoms with van der Waals surface area (Å²) in [6, 6.07) is 8.62. The monoisotopic (exact) mass is 342 g/mol. The number of aliphatic hydroxyl groups is 2. The second-order valence-corrected chi connectivity index (χ2v) is 6.60. The molecule has 2 aliphatic rings. The second kappa shape index (κ2) is 8.11. The third-order valence-corrected chi connectivity index (χ3v) is 4.68. The predicted octanol–water partition coefficient (Wildman–Crippen LogP) is 2.70. The molecule has 0 bridgehead atoms. The predicted molar refractivity (Wildman–Crippen MR) is 97.2 cm³/mol. The first kappa shape index (κ1) is 18.1. The average molecular weight is 342 g/mol. The first-order valence-electron chi connectivity index (χ1n) is 8.88. The van der Waals surface area contributed by atoms with E-state index in [1.165, 1.54) is 11.1 Å². The first-order chi connectivity index (χ1) is 12.1. The summed E-state index contributed by atoms with van der Waals surface area (Å²) in [5.74, 6) is -1.20. The second-order valence-electron chi connectivity index (χ2n) is 6.60. The van der Waals surface area contributed by atoms with Crippen LogP contribution in [0, 0.1) is 0 Å². The number of ether oxygens (including phenoxy) is 2. The van der Waals surface area contributed by atoms with Crippen LogP contribution in [0.15, 0.2) is 60.2 Å². The number of aliphatic hydroxyl groups excluding tert-OH is 2. The SMILES string of the molecule is CCc1ccc(CC2=C\C=C\CO[C@@]3(\C=C\2)OCC(O)CC3O)cc1. The minimum Gasteiger partial charge on any atom is -0.391 e. The molecule has 0 radical (unpaired) electrons. The molecule has 0 amide bonds. The zero-order valence-corrected chi connectivity index (χ0v) is 14.6. The van der Waals surface area contributed by atoms with E-state index in [9.17, 15) is 10.2 Å². The molecule has 2 aliphatic heterocycles. The van der Waals surface area contributed by atoms with E-state index in [2.05, 4.69) is 37.3 Å². The highest BCUT2D eigenvalue weighted by molar-refractivity contribution is 5.34. The van der Waals surface area contributed by atoms with Gasteiger partial charge in [0.25, 0.3) is 0 Å². The Balaban J connectivity index is 1.79. The Morgan fingerprint density at radius 3 is 2.60 bits per heavy atom. The van der Waals surface area contributed by atoms with Gasteiger partial charge in [0.2, 0.25) is 5.79 Å². The highest BCUT2D eigenvalue weighted by Gasteiger charge is 2.43. The number of hydrogen-bond acceptors (Lipinski definition) is 4. The van der Waals surface area contributed by atoms with Crippen molar-refractivity contribution in [1.29, 1.82) is 0 Å². The smallest absolute Gasteiger partial charge is 0.215 e. The molecule has 25 heavy (non-hydrogen) atoms. The molecule has 0 aliphatic carbocycles. The molecule has 0 saturated carbocycles. The summed E-state index contributed by atoms with van der Waals surface area (Å²) < 4.78 is 11.5. The summed E-state index contributed by atoms with van der Waals surface area (Å²) in [6.45, 7) is 2.64. The van der Waals surface area contributed by atoms with Gasteiger partial charge in [-0.1, -0.05) is 55.5 Å². The Labute approximate surface area is 149 Å². The zero-order valence-electron chi connectivity index (χ0n) is 14.6. The van der Waals surface area contributed by atoms with Gasteiger partial charge in [-0.25, -0.2) is 0 Å². The van der Waals surface area contributed by atoms with Crippen LogP contribution in [0.5, 0.6) is 0 Å². The summed E-state index contributed by atoms with van der Waals surface area (Å²) in [4.78, 5) is 0. The zero-order chi connectivity index (χ0) is 17.7. The maximum atomic E-state index is 10.4. The van der Waals surface area contributed by atoms with E-state index >= 15 is 0 Å². The number of allylic oxidation sites excluding steroid dienone is 4. The highest BCUT2D eigenvalue weighted by atomic mass is 16.7. The van der Waals surface area contributed by atoms with Gasteiger partial charge >= 0.3 is 0 Å². The van der Waals surface area contributed by atoms with E-state index in [1.807, 2.05) is 18.2 Å². The van der Waals surface area contributed by atoms with Gasteiger partial charge in [0.1, 0.15) is 6.10 Å². The van der Waals surface area contributed by atoms with Gasteiger partial charge in [-0.05, 0) is 35.6 Å². The Morgan fingerprint density at radius 1 is 1.12 bits per heavy atom. The third kappa shape index (κ3) is 4.47. The van der Waals surface area contributed by atoms with E-state index in [0.717, 1.165) is 18.4 Å². The van der Waals surface area contributed by atoms with Gasteiger partial charge in [-0.2, -0.15) is 0 Å². The van der Waals surface area contributed by atoms with Gasteiger partial charge < -0.3 is 19.7 Å². The van der Waals surface area contributed by atoms with E-state index < -0.39 is 18.0 Å². The largest absolute Gasteiger partial charge is 0.391 e. The van der Waals surface area contributed by atoms with Crippen molar-refractivity contribution in [3.05, 3.63) is 71.3 Å². The number of rotatable bonds is 3. The highest BCUT2D eigenvalue weighted by Crippen LogP contribution is 2.30. The topological polar surface area (TPSA) is 58.9 Å². The van der Waals surface area contributed by atoms with E-state index in [-0.39, 0.29) is 13.0 Å². The van der Waals surface area contributed by atoms with E-state index in [1.54, 1.807) is 6.08 Å². The van der Waals surface area contributed by atoms with Crippen LogP contribution >= 0.6 is 0 Å². The Bertz CT molecular complexity index is 659. The van der Waals surface area contributed by atoms with Crippen LogP contribution in [0.2, 0.25) is 0 Å². The number of hydrogen-bond donors (Lipinski definition) is 2. The van der Waals surface area contributed by atoms with Crippen LogP contribution in [-0.4, -0.2) is 41.4 Å². The molecule has 3 atom stereocenters. The first-order valence-corrected chi connectivity index (χ1v) is 8.88. The molecule has 134 valence electrons. The van der Waals surface area contributed by atoms with E-state index in [0.29, 0.717) is 6.61 Å². The van der Waals surface area contributed by atoms with Crippen LogP contribution in [0.25, 0.3) is 0 Å². The van der Waals surface area contributed by atoms with Crippen molar-refractivity contribution in [3.8, 4) is 0 Å². The average Bonchev–Trinajstić information content (AvgIpc) is 2.71. The molecule has 1 spiro atoms. The van der Waals surface area contributed by atoms with Crippen molar-refractivity contribution in [3.63, 3.8) is 0 Å². The molecule has 1 aromatic carbocycles. The van der Waals surface area contributed by atoms with Gasteiger partial charge in [0.15, 0.2) is 0 Å². The van der Waals surface area contributed by atoms with Crippen LogP contribution in [0.1, 0.15) is 24.5 Å². The fourth-order valence-electron chi connectivity index (χ4n) is 3.11. The fourth-order valence-corrected chi connectivity index (χ4v) is 3.11. The number of aryl methyl sites for hydroxylation is 1. The summed E-state index contributed by atoms with van der Waals surface area (Å²) in [6.07, 6.45) is 10.2. The lowest BCUT2D eigenvalue weighted by molar-refractivity contribution is -0.283. The maximum Gasteiger partial charge on any atom is 0.215 e. The summed E-state index contributed by atoms with van der Waals surface area (Å²) >= 11 is 0. The fraction of sp³-hybridized carbons (Fsp3) is 0.429. The minimum atomic E-state index is -1.20. The van der Waals surface area contributed by atoms with Crippen molar-refractivity contribution >= 4 is 0 Å². The van der Waals surface area contributed by atoms with Crippen molar-refractivity contribution in [2.24, 2.45) is 0 Å². The van der Waals surface area contributed by atoms with Gasteiger partial charge in [0, 0.05) is 6.42 Å². The normalized spacial score (nSPS) is 34.4. The van der Waals surface area contributed by atoms with Crippen LogP contribution in [0.3, 0.4) is 0 Å². The number of benzene rings is 1. The van der Waals surface area contributed by atoms with Gasteiger partial charge in [-0.3, -0.25) is 0 Å². The summed E-state index contributed by atoms with van der Waals surface area (Å²) in [5, 5.41) is 20.1. The Morgan fingerprint density at radius 2 is 1.88 bits per heavy atom. The lowest BCUT2D eigenvalue weighted by Gasteiger charge is -2.40. The van der Waals surface area contributed by atoms with E-state index in [4.69, 9.17) is 9.47 Å². The van der Waals surface area contributed by atoms with Crippen molar-refractivity contribution < 1.29 is 19.7 Å². The van der Waals surface area contributed by atoms with Gasteiger partial charge in [-0.15, -0.1) is 0 Å². The molecular weight excluding hydrogens is 316 g/mol. The Kier molecular flexibility index (Phi) is 5.86. The minimum absolute atomic E-state index is 0.155. The summed E-state index contributed by atoms with van der Waals surface area (Å²) in [5.41, 5.74) is 3.66. The molecule has 4 nitrogen and oxygen atoms in total. The van der Waals surface area contributed by atoms with Crippen LogP contribution in [0.4, 0.5) is 0 Å². The van der Waals surface area contributed by atoms with Crippen LogP contribution < -0.4 is 0 Å². The molecule has 3 rings (SSSR count). The third-order valence-electron chi connectivity index (χ3n) is 4.68. The molecule has 0 aromatic heterocycles. The molecule has 4 heteroatoms. The van der Waals surface area contributed by atoms with Gasteiger partial charge in [0.05, 0.1) is 19.3 Å². The molecule has 1 saturated heterocycles. The van der Waals surface area contributed by atoms with Crippen molar-refractivity contribution in [2.45, 2.75) is 44.2 Å².